The Morgan fingerprint density at radius 2 is 1.79 bits per heavy atom. The van der Waals surface area contributed by atoms with E-state index in [4.69, 9.17) is 5.11 Å². The van der Waals surface area contributed by atoms with Crippen LogP contribution in [0.1, 0.15) is 21.5 Å². The molecule has 5 heteroatoms. The van der Waals surface area contributed by atoms with E-state index in [2.05, 4.69) is 5.32 Å². The van der Waals surface area contributed by atoms with Crippen molar-refractivity contribution < 1.29 is 14.3 Å². The summed E-state index contributed by atoms with van der Waals surface area (Å²) in [6.45, 7) is -0.0973. The van der Waals surface area contributed by atoms with Gasteiger partial charge < -0.3 is 15.0 Å². The first-order valence-corrected chi connectivity index (χ1v) is 7.57. The minimum absolute atomic E-state index is 0.205. The summed E-state index contributed by atoms with van der Waals surface area (Å²) < 4.78 is 15.3. The normalized spacial score (nSPS) is 10.6. The molecule has 3 aromatic rings. The topological polar surface area (TPSA) is 54.3 Å². The van der Waals surface area contributed by atoms with Crippen LogP contribution >= 0.6 is 0 Å². The van der Waals surface area contributed by atoms with Crippen molar-refractivity contribution in [1.82, 2.24) is 9.88 Å². The van der Waals surface area contributed by atoms with Crippen molar-refractivity contribution >= 4 is 5.91 Å². The van der Waals surface area contributed by atoms with Gasteiger partial charge in [0.25, 0.3) is 5.91 Å². The van der Waals surface area contributed by atoms with Gasteiger partial charge in [0.2, 0.25) is 0 Å². The van der Waals surface area contributed by atoms with E-state index in [1.54, 1.807) is 24.3 Å². The molecule has 0 aliphatic rings. The molecule has 0 fully saturated rings. The number of hydrogen-bond donors (Lipinski definition) is 2. The van der Waals surface area contributed by atoms with Crippen molar-refractivity contribution in [3.8, 4) is 5.69 Å². The molecular weight excluding hydrogens is 307 g/mol. The lowest BCUT2D eigenvalue weighted by atomic mass is 10.1. The van der Waals surface area contributed by atoms with Crippen LogP contribution in [0.15, 0.2) is 67.0 Å². The summed E-state index contributed by atoms with van der Waals surface area (Å²) in [5.41, 5.74) is 2.48. The van der Waals surface area contributed by atoms with Crippen LogP contribution in [0.5, 0.6) is 0 Å². The molecule has 1 heterocycles. The predicted molar refractivity (Wildman–Crippen MR) is 89.3 cm³/mol. The maximum absolute atomic E-state index is 13.3. The second-order valence-corrected chi connectivity index (χ2v) is 5.40. The number of aliphatic hydroxyl groups is 1. The zero-order chi connectivity index (χ0) is 16.9. The molecule has 0 spiro atoms. The van der Waals surface area contributed by atoms with Gasteiger partial charge in [-0.2, -0.15) is 0 Å². The minimum atomic E-state index is -0.451. The fourth-order valence-corrected chi connectivity index (χ4v) is 2.44. The predicted octanol–water partition coefficient (Wildman–Crippen LogP) is 3.04. The molecule has 0 atom stereocenters. The van der Waals surface area contributed by atoms with Crippen molar-refractivity contribution in [1.29, 1.82) is 0 Å². The highest BCUT2D eigenvalue weighted by Gasteiger charge is 2.07. The first-order chi connectivity index (χ1) is 11.7. The Balaban J connectivity index is 1.65. The van der Waals surface area contributed by atoms with E-state index in [9.17, 15) is 9.18 Å². The number of hydrogen-bond acceptors (Lipinski definition) is 2. The zero-order valence-electron chi connectivity index (χ0n) is 12.9. The van der Waals surface area contributed by atoms with Gasteiger partial charge >= 0.3 is 0 Å². The summed E-state index contributed by atoms with van der Waals surface area (Å²) >= 11 is 0. The Morgan fingerprint density at radius 3 is 2.46 bits per heavy atom. The highest BCUT2D eigenvalue weighted by Crippen LogP contribution is 2.12. The van der Waals surface area contributed by atoms with E-state index in [0.29, 0.717) is 5.56 Å². The van der Waals surface area contributed by atoms with Gasteiger partial charge in [0, 0.05) is 35.8 Å². The summed E-state index contributed by atoms with van der Waals surface area (Å²) in [4.78, 5) is 12.2. The quantitative estimate of drug-likeness (QED) is 0.758. The first-order valence-electron chi connectivity index (χ1n) is 7.57. The van der Waals surface area contributed by atoms with E-state index in [-0.39, 0.29) is 24.6 Å². The van der Waals surface area contributed by atoms with Crippen molar-refractivity contribution in [2.75, 3.05) is 0 Å². The summed E-state index contributed by atoms with van der Waals surface area (Å²) in [5, 5.41) is 11.9. The average Bonchev–Trinajstić information content (AvgIpc) is 3.15. The number of nitrogens with zero attached hydrogens (tertiary/aromatic N) is 1. The standard InChI is InChI=1S/C19H17FN2O2/c20-18-8-3-14(11-16(18)13-23)12-21-19(24)15-4-6-17(7-5-15)22-9-1-2-10-22/h1-11,23H,12-13H2,(H,21,24). The van der Waals surface area contributed by atoms with E-state index >= 15 is 0 Å². The molecule has 4 nitrogen and oxygen atoms in total. The maximum atomic E-state index is 13.3. The van der Waals surface area contributed by atoms with Crippen LogP contribution in [0, 0.1) is 5.82 Å². The molecule has 0 unspecified atom stereocenters. The molecule has 122 valence electrons. The minimum Gasteiger partial charge on any atom is -0.392 e. The summed E-state index contributed by atoms with van der Waals surface area (Å²) in [6, 6.07) is 15.6. The van der Waals surface area contributed by atoms with E-state index in [0.717, 1.165) is 11.3 Å². The Hall–Kier alpha value is -2.92. The molecular formula is C19H17FN2O2. The smallest absolute Gasteiger partial charge is 0.251 e. The number of aromatic nitrogens is 1. The summed E-state index contributed by atoms with van der Waals surface area (Å²) in [5.74, 6) is -0.655. The van der Waals surface area contributed by atoms with Gasteiger partial charge in [-0.1, -0.05) is 6.07 Å². The van der Waals surface area contributed by atoms with Crippen molar-refractivity contribution in [2.45, 2.75) is 13.2 Å². The number of nitrogens with one attached hydrogen (secondary N) is 1. The third-order valence-corrected chi connectivity index (χ3v) is 3.77. The Labute approximate surface area is 139 Å². The number of carbonyl (C=O) groups is 1. The number of amides is 1. The zero-order valence-corrected chi connectivity index (χ0v) is 12.9. The van der Waals surface area contributed by atoms with Crippen LogP contribution in [-0.4, -0.2) is 15.6 Å². The number of benzene rings is 2. The van der Waals surface area contributed by atoms with Gasteiger partial charge in [-0.05, 0) is 54.1 Å². The van der Waals surface area contributed by atoms with E-state index < -0.39 is 5.82 Å². The van der Waals surface area contributed by atoms with Gasteiger partial charge in [-0.3, -0.25) is 4.79 Å². The van der Waals surface area contributed by atoms with Crippen molar-refractivity contribution in [3.63, 3.8) is 0 Å². The second kappa shape index (κ2) is 7.10. The Kier molecular flexibility index (Phi) is 4.72. The lowest BCUT2D eigenvalue weighted by Gasteiger charge is -2.08. The lowest BCUT2D eigenvalue weighted by molar-refractivity contribution is 0.0951. The van der Waals surface area contributed by atoms with Crippen LogP contribution in [0.3, 0.4) is 0 Å². The SMILES string of the molecule is O=C(NCc1ccc(F)c(CO)c1)c1ccc(-n2cccc2)cc1. The van der Waals surface area contributed by atoms with Crippen LogP contribution in [0.4, 0.5) is 4.39 Å². The molecule has 1 amide bonds. The monoisotopic (exact) mass is 324 g/mol. The molecule has 2 N–H and O–H groups in total. The third kappa shape index (κ3) is 3.52. The third-order valence-electron chi connectivity index (χ3n) is 3.77. The van der Waals surface area contributed by atoms with E-state index in [1.807, 2.05) is 41.2 Å². The molecule has 0 saturated carbocycles. The van der Waals surface area contributed by atoms with Gasteiger partial charge in [-0.15, -0.1) is 0 Å². The molecule has 24 heavy (non-hydrogen) atoms. The molecule has 0 aliphatic carbocycles. The molecule has 2 aromatic carbocycles. The number of halogens is 1. The number of aliphatic hydroxyl groups excluding tert-OH is 1. The average molecular weight is 324 g/mol. The fourth-order valence-electron chi connectivity index (χ4n) is 2.44. The molecule has 0 bridgehead atoms. The van der Waals surface area contributed by atoms with Crippen LogP contribution in [-0.2, 0) is 13.2 Å². The van der Waals surface area contributed by atoms with Gasteiger partial charge in [0.15, 0.2) is 0 Å². The van der Waals surface area contributed by atoms with Gasteiger partial charge in [0.05, 0.1) is 6.61 Å². The molecule has 0 saturated heterocycles. The second-order valence-electron chi connectivity index (χ2n) is 5.40. The lowest BCUT2D eigenvalue weighted by Crippen LogP contribution is -2.22. The number of carbonyl (C=O) groups excluding carboxylic acids is 1. The largest absolute Gasteiger partial charge is 0.392 e. The van der Waals surface area contributed by atoms with Gasteiger partial charge in [0.1, 0.15) is 5.82 Å². The molecule has 1 aromatic heterocycles. The summed E-state index contributed by atoms with van der Waals surface area (Å²) in [7, 11) is 0. The van der Waals surface area contributed by atoms with Crippen LogP contribution in [0.25, 0.3) is 5.69 Å². The van der Waals surface area contributed by atoms with Gasteiger partial charge in [-0.25, -0.2) is 4.39 Å². The Morgan fingerprint density at radius 1 is 1.08 bits per heavy atom. The van der Waals surface area contributed by atoms with Crippen LogP contribution < -0.4 is 5.32 Å². The highest BCUT2D eigenvalue weighted by molar-refractivity contribution is 5.94. The molecule has 0 radical (unpaired) electrons. The molecule has 3 rings (SSSR count). The fraction of sp³-hybridized carbons (Fsp3) is 0.105. The van der Waals surface area contributed by atoms with E-state index in [1.165, 1.54) is 6.07 Å². The first kappa shape index (κ1) is 16.0. The number of rotatable bonds is 5. The maximum Gasteiger partial charge on any atom is 0.251 e. The Bertz CT molecular complexity index is 827. The van der Waals surface area contributed by atoms with Crippen LogP contribution in [0.2, 0.25) is 0 Å². The van der Waals surface area contributed by atoms with Crippen molar-refractivity contribution in [2.24, 2.45) is 0 Å². The summed E-state index contributed by atoms with van der Waals surface area (Å²) in [6.07, 6.45) is 3.87. The molecule has 0 aliphatic heterocycles. The van der Waals surface area contributed by atoms with Crippen molar-refractivity contribution in [3.05, 3.63) is 89.5 Å². The highest BCUT2D eigenvalue weighted by atomic mass is 19.1.